The smallest absolute Gasteiger partial charge is 0.00674 e. The summed E-state index contributed by atoms with van der Waals surface area (Å²) in [7, 11) is 0. The highest BCUT2D eigenvalue weighted by atomic mass is 14.9. The lowest BCUT2D eigenvalue weighted by atomic mass is 9.75. The first kappa shape index (κ1) is 10.5. The van der Waals surface area contributed by atoms with Gasteiger partial charge in [0.1, 0.15) is 0 Å². The van der Waals surface area contributed by atoms with Gasteiger partial charge in [0.15, 0.2) is 0 Å². The van der Waals surface area contributed by atoms with Gasteiger partial charge in [-0.05, 0) is 50.0 Å². The minimum Gasteiger partial charge on any atom is -0.314 e. The molecule has 82 valence electrons. The lowest BCUT2D eigenvalue weighted by Crippen LogP contribution is -2.36. The van der Waals surface area contributed by atoms with Gasteiger partial charge >= 0.3 is 0 Å². The Morgan fingerprint density at radius 3 is 2.29 bits per heavy atom. The molecule has 0 saturated heterocycles. The molecule has 2 rings (SSSR count). The molecule has 0 aromatic heterocycles. The van der Waals surface area contributed by atoms with E-state index in [2.05, 4.69) is 19.2 Å². The first-order valence-corrected chi connectivity index (χ1v) is 6.39. The summed E-state index contributed by atoms with van der Waals surface area (Å²) < 4.78 is 0. The Morgan fingerprint density at radius 2 is 1.71 bits per heavy atom. The van der Waals surface area contributed by atoms with Gasteiger partial charge in [-0.15, -0.1) is 0 Å². The van der Waals surface area contributed by atoms with Gasteiger partial charge in [0.2, 0.25) is 0 Å². The lowest BCUT2D eigenvalue weighted by molar-refractivity contribution is 0.206. The summed E-state index contributed by atoms with van der Waals surface area (Å²) in [5, 5.41) is 3.73. The van der Waals surface area contributed by atoms with Crippen LogP contribution in [0, 0.1) is 11.3 Å². The second-order valence-electron chi connectivity index (χ2n) is 6.12. The molecule has 14 heavy (non-hydrogen) atoms. The van der Waals surface area contributed by atoms with Crippen LogP contribution in [0.3, 0.4) is 0 Å². The van der Waals surface area contributed by atoms with Crippen LogP contribution in [0.5, 0.6) is 0 Å². The van der Waals surface area contributed by atoms with E-state index in [1.54, 1.807) is 0 Å². The van der Waals surface area contributed by atoms with Crippen molar-refractivity contribution >= 4 is 0 Å². The van der Waals surface area contributed by atoms with Crippen LogP contribution in [0.4, 0.5) is 0 Å². The van der Waals surface area contributed by atoms with Crippen LogP contribution < -0.4 is 5.32 Å². The highest BCUT2D eigenvalue weighted by molar-refractivity contribution is 4.82. The van der Waals surface area contributed by atoms with Gasteiger partial charge < -0.3 is 5.32 Å². The summed E-state index contributed by atoms with van der Waals surface area (Å²) in [5.41, 5.74) is 0.620. The monoisotopic (exact) mass is 195 g/mol. The van der Waals surface area contributed by atoms with E-state index in [1.807, 2.05) is 0 Å². The molecule has 2 aliphatic rings. The molecule has 1 N–H and O–H groups in total. The molecule has 2 fully saturated rings. The quantitative estimate of drug-likeness (QED) is 0.725. The van der Waals surface area contributed by atoms with Gasteiger partial charge in [-0.25, -0.2) is 0 Å². The molecule has 0 aromatic rings. The van der Waals surface area contributed by atoms with Crippen molar-refractivity contribution in [3.05, 3.63) is 0 Å². The van der Waals surface area contributed by atoms with E-state index in [-0.39, 0.29) is 0 Å². The minimum atomic E-state index is 0.620. The summed E-state index contributed by atoms with van der Waals surface area (Å²) in [6, 6.07) is 0.835. The molecular formula is C13H25N. The van der Waals surface area contributed by atoms with Crippen molar-refractivity contribution in [2.24, 2.45) is 11.3 Å². The van der Waals surface area contributed by atoms with Gasteiger partial charge in [-0.2, -0.15) is 0 Å². The van der Waals surface area contributed by atoms with Crippen LogP contribution in [-0.2, 0) is 0 Å². The third kappa shape index (κ3) is 3.27. The van der Waals surface area contributed by atoms with E-state index in [4.69, 9.17) is 0 Å². The van der Waals surface area contributed by atoms with Crippen LogP contribution in [0.25, 0.3) is 0 Å². The van der Waals surface area contributed by atoms with E-state index in [0.717, 1.165) is 12.0 Å². The Bertz CT molecular complexity index is 172. The maximum absolute atomic E-state index is 3.73. The van der Waals surface area contributed by atoms with Crippen molar-refractivity contribution < 1.29 is 0 Å². The van der Waals surface area contributed by atoms with Crippen molar-refractivity contribution in [2.75, 3.05) is 6.54 Å². The van der Waals surface area contributed by atoms with Gasteiger partial charge in [0.25, 0.3) is 0 Å². The zero-order valence-corrected chi connectivity index (χ0v) is 9.81. The van der Waals surface area contributed by atoms with Crippen LogP contribution in [-0.4, -0.2) is 12.6 Å². The second-order valence-corrected chi connectivity index (χ2v) is 6.12. The van der Waals surface area contributed by atoms with Crippen LogP contribution >= 0.6 is 0 Å². The molecule has 0 unspecified atom stereocenters. The molecule has 0 radical (unpaired) electrons. The van der Waals surface area contributed by atoms with Gasteiger partial charge in [0.05, 0.1) is 0 Å². The first-order valence-electron chi connectivity index (χ1n) is 6.39. The summed E-state index contributed by atoms with van der Waals surface area (Å²) in [4.78, 5) is 0. The zero-order valence-electron chi connectivity index (χ0n) is 9.81. The van der Waals surface area contributed by atoms with Crippen molar-refractivity contribution in [3.8, 4) is 0 Å². The van der Waals surface area contributed by atoms with E-state index in [0.29, 0.717) is 5.41 Å². The fourth-order valence-electron chi connectivity index (χ4n) is 2.50. The Morgan fingerprint density at radius 1 is 1.07 bits per heavy atom. The summed E-state index contributed by atoms with van der Waals surface area (Å²) in [6.07, 6.45) is 10.1. The maximum atomic E-state index is 3.73. The van der Waals surface area contributed by atoms with Crippen molar-refractivity contribution in [1.29, 1.82) is 0 Å². The van der Waals surface area contributed by atoms with E-state index in [9.17, 15) is 0 Å². The maximum Gasteiger partial charge on any atom is 0.00674 e. The molecule has 2 aliphatic carbocycles. The largest absolute Gasteiger partial charge is 0.314 e. The van der Waals surface area contributed by atoms with E-state index < -0.39 is 0 Å². The van der Waals surface area contributed by atoms with Gasteiger partial charge in [-0.1, -0.05) is 26.7 Å². The predicted molar refractivity (Wildman–Crippen MR) is 61.4 cm³/mol. The Labute approximate surface area is 88.7 Å². The predicted octanol–water partition coefficient (Wildman–Crippen LogP) is 3.34. The standard InChI is InChI=1S/C13H25N/c1-13(2)8-5-12(6-9-13)14-10-7-11-3-4-11/h11-12,14H,3-10H2,1-2H3. The molecule has 0 spiro atoms. The molecule has 1 heteroatoms. The third-order valence-corrected chi connectivity index (χ3v) is 4.02. The molecule has 0 aromatic carbocycles. The van der Waals surface area contributed by atoms with Gasteiger partial charge in [-0.3, -0.25) is 0 Å². The van der Waals surface area contributed by atoms with Crippen LogP contribution in [0.1, 0.15) is 58.8 Å². The van der Waals surface area contributed by atoms with E-state index >= 15 is 0 Å². The SMILES string of the molecule is CC1(C)CCC(NCCC2CC2)CC1. The Kier molecular flexibility index (Phi) is 3.16. The normalized spacial score (nSPS) is 27.9. The summed E-state index contributed by atoms with van der Waals surface area (Å²) in [5.74, 6) is 1.09. The highest BCUT2D eigenvalue weighted by Gasteiger charge is 2.27. The van der Waals surface area contributed by atoms with Crippen molar-refractivity contribution in [3.63, 3.8) is 0 Å². The molecule has 0 atom stereocenters. The molecule has 0 aliphatic heterocycles. The number of rotatable bonds is 4. The molecular weight excluding hydrogens is 170 g/mol. The fourth-order valence-corrected chi connectivity index (χ4v) is 2.50. The summed E-state index contributed by atoms with van der Waals surface area (Å²) >= 11 is 0. The number of hydrogen-bond acceptors (Lipinski definition) is 1. The Hall–Kier alpha value is -0.0400. The van der Waals surface area contributed by atoms with Crippen molar-refractivity contribution in [1.82, 2.24) is 5.32 Å². The number of nitrogens with one attached hydrogen (secondary N) is 1. The van der Waals surface area contributed by atoms with Crippen LogP contribution in [0.15, 0.2) is 0 Å². The molecule has 2 saturated carbocycles. The average Bonchev–Trinajstić information content (AvgIpc) is 2.92. The average molecular weight is 195 g/mol. The molecule has 0 bridgehead atoms. The molecule has 0 heterocycles. The Balaban J connectivity index is 1.58. The van der Waals surface area contributed by atoms with Crippen LogP contribution in [0.2, 0.25) is 0 Å². The third-order valence-electron chi connectivity index (χ3n) is 4.02. The number of hydrogen-bond donors (Lipinski definition) is 1. The second kappa shape index (κ2) is 4.22. The molecule has 1 nitrogen and oxygen atoms in total. The zero-order chi connectivity index (χ0) is 10.0. The fraction of sp³-hybridized carbons (Fsp3) is 1.00. The molecule has 0 amide bonds. The first-order chi connectivity index (χ1) is 6.66. The lowest BCUT2D eigenvalue weighted by Gasteiger charge is -2.34. The minimum absolute atomic E-state index is 0.620. The highest BCUT2D eigenvalue weighted by Crippen LogP contribution is 2.35. The van der Waals surface area contributed by atoms with Gasteiger partial charge in [0, 0.05) is 6.04 Å². The topological polar surface area (TPSA) is 12.0 Å². The van der Waals surface area contributed by atoms with Crippen molar-refractivity contribution in [2.45, 2.75) is 64.8 Å². The van der Waals surface area contributed by atoms with E-state index in [1.165, 1.54) is 51.5 Å². The summed E-state index contributed by atoms with van der Waals surface area (Å²) in [6.45, 7) is 6.09.